The Hall–Kier alpha value is -6.92. The molecule has 0 unspecified atom stereocenters. The quantitative estimate of drug-likeness (QED) is 0.175. The van der Waals surface area contributed by atoms with Crippen molar-refractivity contribution in [3.8, 4) is 28.6 Å². The molecule has 8 aromatic carbocycles. The summed E-state index contributed by atoms with van der Waals surface area (Å²) < 4.78 is 54.8. The van der Waals surface area contributed by atoms with Gasteiger partial charge in [0.2, 0.25) is 0 Å². The molecule has 0 radical (unpaired) electrons. The second-order valence-electron chi connectivity index (χ2n) is 15.1. The van der Waals surface area contributed by atoms with Crippen LogP contribution in [0.25, 0.3) is 106 Å². The van der Waals surface area contributed by atoms with Gasteiger partial charge in [-0.15, -0.1) is 22.7 Å². The SMILES string of the molecule is Cc1cccc(C(F)(F)F)c1-c1cc(-n2c3ccccc3c3ccc4sc5ccccc5c4c32)c(C#N)cc1-n1c2ccccc2c2ccc3sc4ccccc4c3c21. The minimum atomic E-state index is -4.65. The summed E-state index contributed by atoms with van der Waals surface area (Å²) in [5.41, 5.74) is 5.11. The monoisotopic (exact) mass is 803 g/mol. The first-order valence-corrected chi connectivity index (χ1v) is 20.9. The highest BCUT2D eigenvalue weighted by atomic mass is 32.1. The van der Waals surface area contributed by atoms with Gasteiger partial charge in [0.1, 0.15) is 6.07 Å². The lowest BCUT2D eigenvalue weighted by atomic mass is 9.91. The molecular weight excluding hydrogens is 776 g/mol. The second kappa shape index (κ2) is 12.3. The van der Waals surface area contributed by atoms with Gasteiger partial charge in [-0.3, -0.25) is 0 Å². The molecule has 3 nitrogen and oxygen atoms in total. The van der Waals surface area contributed by atoms with Crippen LogP contribution >= 0.6 is 22.7 Å². The number of thiophene rings is 2. The van der Waals surface area contributed by atoms with Crippen molar-refractivity contribution in [3.63, 3.8) is 0 Å². The number of fused-ring (bicyclic) bond motifs is 14. The third-order valence-electron chi connectivity index (χ3n) is 11.9. The minimum absolute atomic E-state index is 0.0842. The molecule has 4 heterocycles. The highest BCUT2D eigenvalue weighted by Crippen LogP contribution is 2.49. The first kappa shape index (κ1) is 34.1. The van der Waals surface area contributed by atoms with Crippen LogP contribution in [0.3, 0.4) is 0 Å². The van der Waals surface area contributed by atoms with Gasteiger partial charge < -0.3 is 9.13 Å². The number of para-hydroxylation sites is 2. The van der Waals surface area contributed by atoms with Crippen molar-refractivity contribution in [2.45, 2.75) is 13.1 Å². The van der Waals surface area contributed by atoms with Crippen LogP contribution in [0.2, 0.25) is 0 Å². The van der Waals surface area contributed by atoms with E-state index in [1.807, 2.05) is 72.8 Å². The van der Waals surface area contributed by atoms with Crippen molar-refractivity contribution in [1.29, 1.82) is 5.26 Å². The number of alkyl halides is 3. The largest absolute Gasteiger partial charge is 0.417 e. The van der Waals surface area contributed by atoms with E-state index < -0.39 is 11.7 Å². The van der Waals surface area contributed by atoms with Crippen LogP contribution in [0.4, 0.5) is 13.2 Å². The Bertz CT molecular complexity index is 3810. The zero-order valence-electron chi connectivity index (χ0n) is 31.2. The topological polar surface area (TPSA) is 33.6 Å². The van der Waals surface area contributed by atoms with Crippen LogP contribution in [0.15, 0.2) is 152 Å². The predicted molar refractivity (Wildman–Crippen MR) is 241 cm³/mol. The van der Waals surface area contributed by atoms with E-state index in [-0.39, 0.29) is 5.56 Å². The summed E-state index contributed by atoms with van der Waals surface area (Å²) in [6.45, 7) is 1.74. The number of hydrogen-bond acceptors (Lipinski definition) is 3. The molecule has 0 amide bonds. The fourth-order valence-corrected chi connectivity index (χ4v) is 11.7. The van der Waals surface area contributed by atoms with Crippen LogP contribution < -0.4 is 0 Å². The fourth-order valence-electron chi connectivity index (χ4n) is 9.53. The van der Waals surface area contributed by atoms with Crippen LogP contribution in [-0.4, -0.2) is 9.13 Å². The lowest BCUT2D eigenvalue weighted by molar-refractivity contribution is -0.137. The first-order valence-electron chi connectivity index (χ1n) is 19.2. The maximum Gasteiger partial charge on any atom is 0.417 e. The molecule has 0 fully saturated rings. The molecule has 8 heteroatoms. The first-order chi connectivity index (χ1) is 28.8. The molecule has 59 heavy (non-hydrogen) atoms. The third kappa shape index (κ3) is 4.74. The average molecular weight is 804 g/mol. The van der Waals surface area contributed by atoms with Crippen molar-refractivity contribution in [2.24, 2.45) is 0 Å². The Morgan fingerprint density at radius 3 is 1.56 bits per heavy atom. The van der Waals surface area contributed by atoms with Gasteiger partial charge in [0.25, 0.3) is 0 Å². The third-order valence-corrected chi connectivity index (χ3v) is 14.2. The van der Waals surface area contributed by atoms with Gasteiger partial charge in [0.15, 0.2) is 0 Å². The normalized spacial score (nSPS) is 12.4. The van der Waals surface area contributed by atoms with Crippen molar-refractivity contribution >= 4 is 107 Å². The molecule has 0 bridgehead atoms. The van der Waals surface area contributed by atoms with Crippen LogP contribution in [0.1, 0.15) is 16.7 Å². The molecular formula is C51H28F3N3S2. The zero-order chi connectivity index (χ0) is 39.7. The molecule has 0 saturated heterocycles. The zero-order valence-corrected chi connectivity index (χ0v) is 32.9. The van der Waals surface area contributed by atoms with Crippen molar-refractivity contribution in [2.75, 3.05) is 0 Å². The fraction of sp³-hybridized carbons (Fsp3) is 0.0392. The summed E-state index contributed by atoms with van der Waals surface area (Å²) >= 11 is 3.40. The molecule has 0 N–H and O–H groups in total. The molecule has 12 aromatic rings. The number of rotatable bonds is 3. The van der Waals surface area contributed by atoms with Gasteiger partial charge in [-0.25, -0.2) is 0 Å². The molecule has 0 atom stereocenters. The Kier molecular flexibility index (Phi) is 7.12. The van der Waals surface area contributed by atoms with Crippen LogP contribution in [-0.2, 0) is 6.18 Å². The average Bonchev–Trinajstić information content (AvgIpc) is 4.00. The molecule has 0 aliphatic heterocycles. The van der Waals surface area contributed by atoms with E-state index in [1.165, 1.54) is 12.1 Å². The van der Waals surface area contributed by atoms with Gasteiger partial charge in [-0.05, 0) is 72.6 Å². The summed E-state index contributed by atoms with van der Waals surface area (Å²) in [5, 5.41) is 19.5. The van der Waals surface area contributed by atoms with Crippen molar-refractivity contribution in [1.82, 2.24) is 9.13 Å². The number of nitrogens with zero attached hydrogens (tertiary/aromatic N) is 3. The molecule has 0 aliphatic carbocycles. The van der Waals surface area contributed by atoms with E-state index in [9.17, 15) is 5.26 Å². The van der Waals surface area contributed by atoms with Crippen LogP contribution in [0.5, 0.6) is 0 Å². The van der Waals surface area contributed by atoms with E-state index in [0.717, 1.165) is 84.0 Å². The summed E-state index contributed by atoms with van der Waals surface area (Å²) in [5.74, 6) is 0. The van der Waals surface area contributed by atoms with Crippen molar-refractivity contribution in [3.05, 3.63) is 168 Å². The number of nitriles is 1. The summed E-state index contributed by atoms with van der Waals surface area (Å²) in [7, 11) is 0. The molecule has 280 valence electrons. The molecule has 12 rings (SSSR count). The number of benzene rings is 8. The summed E-state index contributed by atoms with van der Waals surface area (Å²) in [6, 6.07) is 51.8. The highest BCUT2D eigenvalue weighted by molar-refractivity contribution is 7.26. The predicted octanol–water partition coefficient (Wildman–Crippen LogP) is 15.5. The lowest BCUT2D eigenvalue weighted by Crippen LogP contribution is -2.10. The van der Waals surface area contributed by atoms with Gasteiger partial charge in [0, 0.05) is 67.5 Å². The van der Waals surface area contributed by atoms with E-state index >= 15 is 13.2 Å². The van der Waals surface area contributed by atoms with E-state index in [1.54, 1.807) is 35.7 Å². The highest BCUT2D eigenvalue weighted by Gasteiger charge is 2.36. The number of aryl methyl sites for hydroxylation is 1. The second-order valence-corrected chi connectivity index (χ2v) is 17.2. The van der Waals surface area contributed by atoms with E-state index in [0.29, 0.717) is 28.1 Å². The van der Waals surface area contributed by atoms with E-state index in [2.05, 4.69) is 75.9 Å². The summed E-state index contributed by atoms with van der Waals surface area (Å²) in [4.78, 5) is 0. The summed E-state index contributed by atoms with van der Waals surface area (Å²) in [6.07, 6.45) is -4.65. The lowest BCUT2D eigenvalue weighted by Gasteiger charge is -2.22. The Morgan fingerprint density at radius 1 is 0.508 bits per heavy atom. The van der Waals surface area contributed by atoms with Crippen molar-refractivity contribution < 1.29 is 13.2 Å². The smallest absolute Gasteiger partial charge is 0.308 e. The number of hydrogen-bond donors (Lipinski definition) is 0. The minimum Gasteiger partial charge on any atom is -0.308 e. The molecule has 4 aromatic heterocycles. The molecule has 0 aliphatic rings. The molecule has 0 spiro atoms. The maximum atomic E-state index is 15.4. The van der Waals surface area contributed by atoms with Gasteiger partial charge in [-0.2, -0.15) is 18.4 Å². The molecule has 0 saturated carbocycles. The Balaban J connectivity index is 1.31. The van der Waals surface area contributed by atoms with Crippen LogP contribution in [0, 0.1) is 18.3 Å². The van der Waals surface area contributed by atoms with E-state index in [4.69, 9.17) is 0 Å². The van der Waals surface area contributed by atoms with Gasteiger partial charge in [-0.1, -0.05) is 97.1 Å². The number of aromatic nitrogens is 2. The maximum absolute atomic E-state index is 15.4. The standard InChI is InChI=1S/C51H28F3N3S2/c1-28-11-10-16-37(51(52,53)54)46(28)36-26-40(56-38-17-6-2-12-30(38)32-21-23-44-47(49(32)56)34-14-4-8-19-42(34)58-44)29(27-55)25-41(36)57-39-18-7-3-13-31(39)33-22-24-45-48(50(33)57)35-15-5-9-20-43(35)59-45/h2-26H,1H3. The van der Waals surface area contributed by atoms with Gasteiger partial charge >= 0.3 is 6.18 Å². The number of halogens is 3. The Labute approximate surface area is 342 Å². The van der Waals surface area contributed by atoms with Gasteiger partial charge in [0.05, 0.1) is 44.6 Å². The Morgan fingerprint density at radius 2 is 1.02 bits per heavy atom.